The largest absolute Gasteiger partial charge is 0.463 e. The summed E-state index contributed by atoms with van der Waals surface area (Å²) in [6.45, 7) is 7.74. The number of rotatable bonds is 1. The molecule has 0 aromatic rings. The van der Waals surface area contributed by atoms with Gasteiger partial charge in [-0.2, -0.15) is 0 Å². The van der Waals surface area contributed by atoms with Crippen LogP contribution in [0.15, 0.2) is 0 Å². The van der Waals surface area contributed by atoms with Crippen molar-refractivity contribution in [1.29, 1.82) is 0 Å². The van der Waals surface area contributed by atoms with Crippen LogP contribution in [0.2, 0.25) is 0 Å². The molecule has 1 spiro atoms. The zero-order chi connectivity index (χ0) is 19.7. The van der Waals surface area contributed by atoms with Gasteiger partial charge in [-0.3, -0.25) is 4.79 Å². The molecule has 1 saturated heterocycles. The smallest absolute Gasteiger partial charge is 0.302 e. The zero-order valence-electron chi connectivity index (χ0n) is 17.6. The zero-order valence-corrected chi connectivity index (χ0v) is 17.6. The molecule has 4 aliphatic carbocycles. The first-order valence-electron chi connectivity index (χ1n) is 11.4. The van der Waals surface area contributed by atoms with Crippen molar-refractivity contribution in [3.8, 4) is 0 Å². The molecule has 5 nitrogen and oxygen atoms in total. The maximum Gasteiger partial charge on any atom is 0.302 e. The highest BCUT2D eigenvalue weighted by molar-refractivity contribution is 5.66. The third-order valence-corrected chi connectivity index (χ3v) is 9.77. The first-order chi connectivity index (χ1) is 13.3. The maximum absolute atomic E-state index is 11.4. The Labute approximate surface area is 168 Å². The number of esters is 1. The van der Waals surface area contributed by atoms with Gasteiger partial charge in [0, 0.05) is 18.8 Å². The molecular formula is C23H36O5. The van der Waals surface area contributed by atoms with Crippen LogP contribution in [0.1, 0.15) is 72.1 Å². The molecule has 1 N–H and O–H groups in total. The van der Waals surface area contributed by atoms with E-state index in [0.717, 1.165) is 51.4 Å². The van der Waals surface area contributed by atoms with Gasteiger partial charge >= 0.3 is 5.97 Å². The molecule has 0 bridgehead atoms. The van der Waals surface area contributed by atoms with Crippen molar-refractivity contribution < 1.29 is 24.1 Å². The van der Waals surface area contributed by atoms with E-state index in [-0.39, 0.29) is 29.0 Å². The summed E-state index contributed by atoms with van der Waals surface area (Å²) in [6.07, 6.45) is 7.93. The second-order valence-electron chi connectivity index (χ2n) is 10.7. The minimum atomic E-state index is -0.410. The fourth-order valence-corrected chi connectivity index (χ4v) is 8.41. The predicted octanol–water partition coefficient (Wildman–Crippen LogP) is 3.67. The summed E-state index contributed by atoms with van der Waals surface area (Å²) >= 11 is 0. The molecule has 0 radical (unpaired) electrons. The fourth-order valence-electron chi connectivity index (χ4n) is 8.41. The molecule has 0 aromatic heterocycles. The number of aliphatic hydroxyl groups is 1. The van der Waals surface area contributed by atoms with E-state index in [2.05, 4.69) is 13.8 Å². The van der Waals surface area contributed by atoms with Crippen LogP contribution in [0.5, 0.6) is 0 Å². The summed E-state index contributed by atoms with van der Waals surface area (Å²) < 4.78 is 18.0. The first kappa shape index (κ1) is 19.3. The Kier molecular flexibility index (Phi) is 4.43. The third-order valence-electron chi connectivity index (χ3n) is 9.77. The molecular weight excluding hydrogens is 356 g/mol. The van der Waals surface area contributed by atoms with Gasteiger partial charge < -0.3 is 19.3 Å². The summed E-state index contributed by atoms with van der Waals surface area (Å²) in [7, 11) is 0. The van der Waals surface area contributed by atoms with Crippen molar-refractivity contribution in [3.05, 3.63) is 0 Å². The van der Waals surface area contributed by atoms with Crippen LogP contribution in [0, 0.1) is 34.5 Å². The van der Waals surface area contributed by atoms with Crippen LogP contribution in [0.25, 0.3) is 0 Å². The van der Waals surface area contributed by atoms with Crippen molar-refractivity contribution in [2.75, 3.05) is 13.2 Å². The molecule has 5 heteroatoms. The van der Waals surface area contributed by atoms with Gasteiger partial charge in [-0.25, -0.2) is 0 Å². The highest BCUT2D eigenvalue weighted by Gasteiger charge is 2.68. The van der Waals surface area contributed by atoms with E-state index in [4.69, 9.17) is 14.2 Å². The van der Waals surface area contributed by atoms with Crippen LogP contribution >= 0.6 is 0 Å². The lowest BCUT2D eigenvalue weighted by atomic mass is 9.44. The molecule has 5 aliphatic rings. The number of fused-ring (bicyclic) bond motifs is 6. The number of carbonyl (C=O) groups excluding carboxylic acids is 1. The SMILES string of the molecule is CC(=O)O[C@H]1CC[C@@]2(C)[C@H](C1)C[C@H](O)[C@@H]1[C@@H]2CC[C@@]2(C)[C@H]1CCC21OCCO1. The van der Waals surface area contributed by atoms with E-state index < -0.39 is 5.79 Å². The second-order valence-corrected chi connectivity index (χ2v) is 10.7. The Bertz CT molecular complexity index is 643. The molecule has 28 heavy (non-hydrogen) atoms. The summed E-state index contributed by atoms with van der Waals surface area (Å²) in [5.74, 6) is 1.23. The highest BCUT2D eigenvalue weighted by atomic mass is 16.7. The molecule has 158 valence electrons. The quantitative estimate of drug-likeness (QED) is 0.690. The van der Waals surface area contributed by atoms with Crippen LogP contribution in [-0.4, -0.2) is 42.3 Å². The molecule has 0 amide bonds. The van der Waals surface area contributed by atoms with E-state index in [1.807, 2.05) is 0 Å². The number of hydrogen-bond acceptors (Lipinski definition) is 5. The molecule has 5 rings (SSSR count). The van der Waals surface area contributed by atoms with E-state index in [1.165, 1.54) is 6.92 Å². The normalized spacial score (nSPS) is 52.0. The molecule has 1 heterocycles. The maximum atomic E-state index is 11.4. The van der Waals surface area contributed by atoms with Gasteiger partial charge in [-0.1, -0.05) is 13.8 Å². The summed E-state index contributed by atoms with van der Waals surface area (Å²) in [4.78, 5) is 11.4. The standard InChI is InChI=1S/C23H36O5/c1-14(24)28-16-4-7-21(2)15(12-16)13-19(25)20-17(21)5-8-22(3)18(20)6-9-23(22)26-10-11-27-23/h15-20,25H,4-13H2,1-3H3/t15-,16+,17+,18+,19+,20-,21+,22+/m1/s1. The average Bonchev–Trinajstić information content (AvgIpc) is 3.23. The van der Waals surface area contributed by atoms with Gasteiger partial charge in [-0.05, 0) is 74.0 Å². The molecule has 8 atom stereocenters. The summed E-state index contributed by atoms with van der Waals surface area (Å²) in [5, 5.41) is 11.3. The van der Waals surface area contributed by atoms with E-state index in [0.29, 0.717) is 36.9 Å². The predicted molar refractivity (Wildman–Crippen MR) is 103 cm³/mol. The molecule has 4 saturated carbocycles. The van der Waals surface area contributed by atoms with Gasteiger partial charge in [0.05, 0.1) is 19.3 Å². The Hall–Kier alpha value is -0.650. The summed E-state index contributed by atoms with van der Waals surface area (Å²) in [5.41, 5.74) is 0.263. The molecule has 1 aliphatic heterocycles. The van der Waals surface area contributed by atoms with Gasteiger partial charge in [0.1, 0.15) is 6.10 Å². The Morgan fingerprint density at radius 3 is 2.43 bits per heavy atom. The second kappa shape index (κ2) is 6.42. The Morgan fingerprint density at radius 2 is 1.71 bits per heavy atom. The van der Waals surface area contributed by atoms with Crippen molar-refractivity contribution in [2.45, 2.75) is 90.1 Å². The number of ether oxygens (including phenoxy) is 3. The minimum Gasteiger partial charge on any atom is -0.463 e. The molecule has 5 fully saturated rings. The molecule has 0 unspecified atom stereocenters. The number of carbonyl (C=O) groups is 1. The average molecular weight is 393 g/mol. The lowest BCUT2D eigenvalue weighted by Gasteiger charge is -2.62. The number of aliphatic hydroxyl groups excluding tert-OH is 1. The van der Waals surface area contributed by atoms with E-state index in [1.54, 1.807) is 0 Å². The van der Waals surface area contributed by atoms with Crippen molar-refractivity contribution >= 4 is 5.97 Å². The minimum absolute atomic E-state index is 0.0176. The Balaban J connectivity index is 1.41. The fraction of sp³-hybridized carbons (Fsp3) is 0.957. The van der Waals surface area contributed by atoms with Gasteiger partial charge in [0.15, 0.2) is 5.79 Å². The van der Waals surface area contributed by atoms with Crippen LogP contribution in [0.3, 0.4) is 0 Å². The lowest BCUT2D eigenvalue weighted by Crippen LogP contribution is -2.60. The van der Waals surface area contributed by atoms with E-state index in [9.17, 15) is 9.90 Å². The highest BCUT2D eigenvalue weighted by Crippen LogP contribution is 2.69. The Morgan fingerprint density at radius 1 is 1.00 bits per heavy atom. The van der Waals surface area contributed by atoms with Gasteiger partial charge in [-0.15, -0.1) is 0 Å². The first-order valence-corrected chi connectivity index (χ1v) is 11.4. The molecule has 0 aromatic carbocycles. The topological polar surface area (TPSA) is 65.0 Å². The van der Waals surface area contributed by atoms with Crippen LogP contribution in [0.4, 0.5) is 0 Å². The van der Waals surface area contributed by atoms with Crippen molar-refractivity contribution in [1.82, 2.24) is 0 Å². The van der Waals surface area contributed by atoms with Gasteiger partial charge in [0.25, 0.3) is 0 Å². The van der Waals surface area contributed by atoms with E-state index >= 15 is 0 Å². The summed E-state index contributed by atoms with van der Waals surface area (Å²) in [6, 6.07) is 0. The van der Waals surface area contributed by atoms with Crippen LogP contribution in [-0.2, 0) is 19.0 Å². The monoisotopic (exact) mass is 392 g/mol. The van der Waals surface area contributed by atoms with Crippen molar-refractivity contribution in [2.24, 2.45) is 34.5 Å². The van der Waals surface area contributed by atoms with Crippen LogP contribution < -0.4 is 0 Å². The number of hydrogen-bond donors (Lipinski definition) is 1. The third kappa shape index (κ3) is 2.51. The lowest BCUT2D eigenvalue weighted by molar-refractivity contribution is -0.256. The van der Waals surface area contributed by atoms with Crippen molar-refractivity contribution in [3.63, 3.8) is 0 Å². The van der Waals surface area contributed by atoms with Gasteiger partial charge in [0.2, 0.25) is 0 Å².